The van der Waals surface area contributed by atoms with Crippen LogP contribution in [0.25, 0.3) is 0 Å². The Balaban J connectivity index is 2.26. The maximum absolute atomic E-state index is 9.53. The Morgan fingerprint density at radius 1 is 1.60 bits per heavy atom. The summed E-state index contributed by atoms with van der Waals surface area (Å²) in [6, 6.07) is 3.44. The molecule has 82 valence electrons. The first-order valence-electron chi connectivity index (χ1n) is 4.98. The number of aliphatic hydroxyl groups excluding tert-OH is 2. The molecular weight excluding hydrogens is 194 g/mol. The number of aromatic nitrogens is 1. The summed E-state index contributed by atoms with van der Waals surface area (Å²) in [5.41, 5.74) is 6.37. The highest BCUT2D eigenvalue weighted by molar-refractivity contribution is 5.63. The molecule has 2 atom stereocenters. The van der Waals surface area contributed by atoms with Gasteiger partial charge in [-0.25, -0.2) is 4.98 Å². The SMILES string of the molecule is Nc1cccnc1N1C[C@H](O)C[C@H]1CO. The van der Waals surface area contributed by atoms with E-state index in [0.717, 1.165) is 0 Å². The molecule has 1 aromatic heterocycles. The predicted molar refractivity (Wildman–Crippen MR) is 57.5 cm³/mol. The Hall–Kier alpha value is -1.33. The maximum Gasteiger partial charge on any atom is 0.152 e. The highest BCUT2D eigenvalue weighted by Gasteiger charge is 2.31. The zero-order valence-electron chi connectivity index (χ0n) is 8.37. The molecule has 1 aromatic rings. The van der Waals surface area contributed by atoms with Gasteiger partial charge in [0.15, 0.2) is 5.82 Å². The first-order valence-corrected chi connectivity index (χ1v) is 4.98. The van der Waals surface area contributed by atoms with Crippen molar-refractivity contribution in [1.29, 1.82) is 0 Å². The topological polar surface area (TPSA) is 82.6 Å². The van der Waals surface area contributed by atoms with Crippen LogP contribution in [-0.4, -0.2) is 40.5 Å². The molecule has 0 aliphatic carbocycles. The van der Waals surface area contributed by atoms with Crippen LogP contribution in [0.3, 0.4) is 0 Å². The quantitative estimate of drug-likeness (QED) is 0.617. The number of pyridine rings is 1. The third-order valence-corrected chi connectivity index (χ3v) is 2.69. The minimum atomic E-state index is -0.413. The van der Waals surface area contributed by atoms with Crippen LogP contribution in [0, 0.1) is 0 Å². The molecule has 2 heterocycles. The van der Waals surface area contributed by atoms with Crippen LogP contribution in [0.5, 0.6) is 0 Å². The van der Waals surface area contributed by atoms with Crippen LogP contribution < -0.4 is 10.6 Å². The molecule has 0 amide bonds. The molecule has 0 unspecified atom stereocenters. The Kier molecular flexibility index (Phi) is 2.75. The molecular formula is C10H15N3O2. The van der Waals surface area contributed by atoms with Gasteiger partial charge in [-0.15, -0.1) is 0 Å². The minimum Gasteiger partial charge on any atom is -0.396 e. The van der Waals surface area contributed by atoms with E-state index in [9.17, 15) is 10.2 Å². The fraction of sp³-hybridized carbons (Fsp3) is 0.500. The fourth-order valence-corrected chi connectivity index (χ4v) is 1.97. The van der Waals surface area contributed by atoms with Crippen molar-refractivity contribution in [2.75, 3.05) is 23.8 Å². The maximum atomic E-state index is 9.53. The molecule has 0 spiro atoms. The zero-order chi connectivity index (χ0) is 10.8. The summed E-state index contributed by atoms with van der Waals surface area (Å²) < 4.78 is 0. The Morgan fingerprint density at radius 3 is 3.07 bits per heavy atom. The van der Waals surface area contributed by atoms with Gasteiger partial charge in [0, 0.05) is 12.7 Å². The second-order valence-electron chi connectivity index (χ2n) is 3.79. The fourth-order valence-electron chi connectivity index (χ4n) is 1.97. The van der Waals surface area contributed by atoms with Crippen molar-refractivity contribution in [2.24, 2.45) is 0 Å². The van der Waals surface area contributed by atoms with E-state index in [1.165, 1.54) is 0 Å². The number of hydrogen-bond donors (Lipinski definition) is 3. The van der Waals surface area contributed by atoms with Gasteiger partial charge in [0.05, 0.1) is 24.4 Å². The summed E-state index contributed by atoms with van der Waals surface area (Å²) in [6.45, 7) is 0.486. The molecule has 1 fully saturated rings. The smallest absolute Gasteiger partial charge is 0.152 e. The van der Waals surface area contributed by atoms with Gasteiger partial charge < -0.3 is 20.8 Å². The second-order valence-corrected chi connectivity index (χ2v) is 3.79. The second kappa shape index (κ2) is 4.04. The molecule has 15 heavy (non-hydrogen) atoms. The van der Waals surface area contributed by atoms with Crippen LogP contribution in [0.15, 0.2) is 18.3 Å². The van der Waals surface area contributed by atoms with Crippen molar-refractivity contribution in [3.05, 3.63) is 18.3 Å². The average Bonchev–Trinajstić information content (AvgIpc) is 2.60. The first kappa shape index (κ1) is 10.2. The molecule has 1 aliphatic heterocycles. The Morgan fingerprint density at radius 2 is 2.40 bits per heavy atom. The number of hydrogen-bond acceptors (Lipinski definition) is 5. The number of nitrogens with zero attached hydrogens (tertiary/aromatic N) is 2. The van der Waals surface area contributed by atoms with Crippen molar-refractivity contribution in [2.45, 2.75) is 18.6 Å². The summed E-state index contributed by atoms with van der Waals surface area (Å²) in [6.07, 6.45) is 1.81. The zero-order valence-corrected chi connectivity index (χ0v) is 8.37. The molecule has 2 rings (SSSR count). The summed E-state index contributed by atoms with van der Waals surface area (Å²) in [5.74, 6) is 0.646. The van der Waals surface area contributed by atoms with Crippen LogP contribution >= 0.6 is 0 Å². The number of nitrogen functional groups attached to an aromatic ring is 1. The van der Waals surface area contributed by atoms with Crippen molar-refractivity contribution in [1.82, 2.24) is 4.98 Å². The molecule has 0 bridgehead atoms. The normalized spacial score (nSPS) is 25.9. The molecule has 0 radical (unpaired) electrons. The lowest BCUT2D eigenvalue weighted by atomic mass is 10.2. The third kappa shape index (κ3) is 1.88. The van der Waals surface area contributed by atoms with Gasteiger partial charge in [-0.1, -0.05) is 0 Å². The minimum absolute atomic E-state index is 0.00702. The first-order chi connectivity index (χ1) is 7.22. The third-order valence-electron chi connectivity index (χ3n) is 2.69. The summed E-state index contributed by atoms with van der Waals surface area (Å²) in [4.78, 5) is 6.03. The molecule has 0 aromatic carbocycles. The van der Waals surface area contributed by atoms with E-state index in [1.807, 2.05) is 4.90 Å². The lowest BCUT2D eigenvalue weighted by molar-refractivity contribution is 0.184. The van der Waals surface area contributed by atoms with E-state index in [0.29, 0.717) is 24.5 Å². The highest BCUT2D eigenvalue weighted by atomic mass is 16.3. The average molecular weight is 209 g/mol. The van der Waals surface area contributed by atoms with Crippen molar-refractivity contribution in [3.8, 4) is 0 Å². The van der Waals surface area contributed by atoms with Gasteiger partial charge in [0.2, 0.25) is 0 Å². The molecule has 1 saturated heterocycles. The lowest BCUT2D eigenvalue weighted by Crippen LogP contribution is -2.33. The van der Waals surface area contributed by atoms with Gasteiger partial charge >= 0.3 is 0 Å². The molecule has 5 nitrogen and oxygen atoms in total. The molecule has 1 aliphatic rings. The van der Waals surface area contributed by atoms with E-state index >= 15 is 0 Å². The van der Waals surface area contributed by atoms with E-state index in [-0.39, 0.29) is 12.6 Å². The Labute approximate surface area is 88.2 Å². The number of anilines is 2. The number of aliphatic hydroxyl groups is 2. The molecule has 0 saturated carbocycles. The van der Waals surface area contributed by atoms with Crippen molar-refractivity contribution in [3.63, 3.8) is 0 Å². The summed E-state index contributed by atoms with van der Waals surface area (Å²) >= 11 is 0. The highest BCUT2D eigenvalue weighted by Crippen LogP contribution is 2.27. The van der Waals surface area contributed by atoms with Crippen LogP contribution in [0.1, 0.15) is 6.42 Å². The standard InChI is InChI=1S/C10H15N3O2/c11-9-2-1-3-12-10(9)13-5-8(15)4-7(13)6-14/h1-3,7-8,14-15H,4-6,11H2/t7-,8+/m0/s1. The monoisotopic (exact) mass is 209 g/mol. The van der Waals surface area contributed by atoms with Gasteiger partial charge in [0.25, 0.3) is 0 Å². The Bertz CT molecular complexity index is 345. The number of rotatable bonds is 2. The van der Waals surface area contributed by atoms with Gasteiger partial charge in [-0.2, -0.15) is 0 Å². The van der Waals surface area contributed by atoms with Gasteiger partial charge in [0.1, 0.15) is 0 Å². The largest absolute Gasteiger partial charge is 0.396 e. The van der Waals surface area contributed by atoms with Crippen LogP contribution in [0.4, 0.5) is 11.5 Å². The van der Waals surface area contributed by atoms with E-state index < -0.39 is 6.10 Å². The van der Waals surface area contributed by atoms with Gasteiger partial charge in [-0.3, -0.25) is 0 Å². The van der Waals surface area contributed by atoms with Crippen LogP contribution in [0.2, 0.25) is 0 Å². The van der Waals surface area contributed by atoms with Crippen molar-refractivity contribution < 1.29 is 10.2 Å². The van der Waals surface area contributed by atoms with E-state index in [1.54, 1.807) is 18.3 Å². The predicted octanol–water partition coefficient (Wildman–Crippen LogP) is -0.404. The lowest BCUT2D eigenvalue weighted by Gasteiger charge is -2.24. The van der Waals surface area contributed by atoms with E-state index in [4.69, 9.17) is 5.73 Å². The van der Waals surface area contributed by atoms with Crippen LogP contribution in [-0.2, 0) is 0 Å². The molecule has 4 N–H and O–H groups in total. The molecule has 5 heteroatoms. The van der Waals surface area contributed by atoms with Crippen molar-refractivity contribution >= 4 is 11.5 Å². The van der Waals surface area contributed by atoms with E-state index in [2.05, 4.69) is 4.98 Å². The summed E-state index contributed by atoms with van der Waals surface area (Å²) in [7, 11) is 0. The summed E-state index contributed by atoms with van der Waals surface area (Å²) in [5, 5.41) is 18.7. The number of nitrogens with two attached hydrogens (primary N) is 1. The number of β-amino-alcohol motifs (C(OH)–C–C–N with tert-alkyl or cyclic N) is 1. The van der Waals surface area contributed by atoms with Gasteiger partial charge in [-0.05, 0) is 18.6 Å².